The molecule has 0 atom stereocenters. The number of carbonyl (C=O) groups excluding carboxylic acids is 2. The van der Waals surface area contributed by atoms with Gasteiger partial charge in [0.15, 0.2) is 6.29 Å². The zero-order chi connectivity index (χ0) is 33.0. The third kappa shape index (κ3) is 22.9. The Labute approximate surface area is 274 Å². The van der Waals surface area contributed by atoms with Crippen molar-refractivity contribution in [3.05, 3.63) is 41.8 Å². The molecule has 259 valence electrons. The topological polar surface area (TPSA) is 83.5 Å². The molecule has 0 spiro atoms. The maximum Gasteiger partial charge on any atom is 0.508 e. The highest BCUT2D eigenvalue weighted by Crippen LogP contribution is 2.15. The highest BCUT2D eigenvalue weighted by molar-refractivity contribution is 5.69. The number of hydrogen-bond acceptors (Lipinski definition) is 8. The van der Waals surface area contributed by atoms with Crippen LogP contribution >= 0.6 is 0 Å². The molecule has 0 aliphatic heterocycles. The Kier molecular flexibility index (Phi) is 25.5. The van der Waals surface area contributed by atoms with Crippen LogP contribution in [-0.4, -0.2) is 62.8 Å². The predicted molar refractivity (Wildman–Crippen MR) is 181 cm³/mol. The van der Waals surface area contributed by atoms with E-state index in [0.717, 1.165) is 68.4 Å². The maximum absolute atomic E-state index is 12.6. The van der Waals surface area contributed by atoms with Gasteiger partial charge in [-0.25, -0.2) is 4.79 Å². The summed E-state index contributed by atoms with van der Waals surface area (Å²) < 4.78 is 28.1. The molecule has 8 heteroatoms. The van der Waals surface area contributed by atoms with Crippen LogP contribution in [0.2, 0.25) is 0 Å². The van der Waals surface area contributed by atoms with Crippen LogP contribution in [0, 0.1) is 6.92 Å². The van der Waals surface area contributed by atoms with E-state index in [4.69, 9.17) is 23.7 Å². The Bertz CT molecular complexity index is 856. The van der Waals surface area contributed by atoms with Gasteiger partial charge in [0.25, 0.3) is 0 Å². The van der Waals surface area contributed by atoms with Crippen LogP contribution in [0.5, 0.6) is 0 Å². The van der Waals surface area contributed by atoms with Crippen molar-refractivity contribution in [3.8, 4) is 0 Å². The molecule has 0 unspecified atom stereocenters. The Balaban J connectivity index is 2.45. The van der Waals surface area contributed by atoms with Crippen molar-refractivity contribution in [2.75, 3.05) is 39.5 Å². The van der Waals surface area contributed by atoms with Gasteiger partial charge >= 0.3 is 12.1 Å². The van der Waals surface area contributed by atoms with Crippen LogP contribution in [0.4, 0.5) is 4.79 Å². The lowest BCUT2D eigenvalue weighted by Gasteiger charge is -2.18. The van der Waals surface area contributed by atoms with Gasteiger partial charge in [0.05, 0.1) is 13.0 Å². The molecule has 0 aliphatic rings. The summed E-state index contributed by atoms with van der Waals surface area (Å²) in [4.78, 5) is 26.9. The summed E-state index contributed by atoms with van der Waals surface area (Å²) in [6.07, 6.45) is 14.8. The van der Waals surface area contributed by atoms with Crippen molar-refractivity contribution in [2.45, 2.75) is 144 Å². The monoisotopic (exact) mass is 634 g/mol. The minimum Gasteiger partial charge on any atom is -0.461 e. The van der Waals surface area contributed by atoms with Crippen LogP contribution in [-0.2, 0) is 41.7 Å². The molecule has 0 aliphatic carbocycles. The quantitative estimate of drug-likeness (QED) is 0.0490. The van der Waals surface area contributed by atoms with Crippen LogP contribution < -0.4 is 0 Å². The number of unbranched alkanes of at least 4 members (excludes halogenated alkanes) is 10. The molecule has 0 saturated carbocycles. The molecule has 0 amide bonds. The summed E-state index contributed by atoms with van der Waals surface area (Å²) in [6, 6.07) is 5.55. The number of rotatable bonds is 29. The first kappa shape index (κ1) is 40.9. The third-order valence-corrected chi connectivity index (χ3v) is 7.79. The summed E-state index contributed by atoms with van der Waals surface area (Å²) in [7, 11) is 0. The molecular weight excluding hydrogens is 570 g/mol. The number of nitrogens with zero attached hydrogens (tertiary/aromatic N) is 1. The van der Waals surface area contributed by atoms with E-state index in [1.165, 1.54) is 51.4 Å². The van der Waals surface area contributed by atoms with Gasteiger partial charge in [-0.15, -0.1) is 0 Å². The standard InChI is InChI=1S/C37H64NO7/c1-6-10-12-14-16-18-24-41-36(42-25-19-17-15-13-11-7-2)22-21-35(39)44-30-33-27-32(5)28-34(29-33)31-45-37(40)43-26-20-23-38(8-3)9-4/h27-29,36H,5-26,30-31H2,1-4H3. The fraction of sp³-hybridized carbons (Fsp3) is 0.757. The smallest absolute Gasteiger partial charge is 0.461 e. The van der Waals surface area contributed by atoms with Gasteiger partial charge in [0.2, 0.25) is 0 Å². The van der Waals surface area contributed by atoms with E-state index in [2.05, 4.69) is 39.5 Å². The number of ether oxygens (including phenoxy) is 5. The number of hydrogen-bond donors (Lipinski definition) is 0. The van der Waals surface area contributed by atoms with Gasteiger partial charge in [-0.1, -0.05) is 104 Å². The average Bonchev–Trinajstić information content (AvgIpc) is 3.03. The second kappa shape index (κ2) is 28.1. The lowest BCUT2D eigenvalue weighted by Crippen LogP contribution is -2.25. The van der Waals surface area contributed by atoms with Gasteiger partial charge < -0.3 is 28.6 Å². The van der Waals surface area contributed by atoms with Crippen molar-refractivity contribution in [2.24, 2.45) is 0 Å². The molecular formula is C37H64NO7. The van der Waals surface area contributed by atoms with E-state index in [9.17, 15) is 9.59 Å². The number of esters is 1. The Morgan fingerprint density at radius 3 is 1.76 bits per heavy atom. The van der Waals surface area contributed by atoms with Crippen LogP contribution in [0.15, 0.2) is 18.2 Å². The zero-order valence-electron chi connectivity index (χ0n) is 29.1. The maximum atomic E-state index is 12.6. The zero-order valence-corrected chi connectivity index (χ0v) is 29.1. The minimum atomic E-state index is -0.691. The second-order valence-electron chi connectivity index (χ2n) is 11.8. The molecule has 0 fully saturated rings. The van der Waals surface area contributed by atoms with E-state index in [1.807, 2.05) is 18.2 Å². The van der Waals surface area contributed by atoms with Gasteiger partial charge in [-0.2, -0.15) is 0 Å². The van der Waals surface area contributed by atoms with Crippen LogP contribution in [0.25, 0.3) is 0 Å². The molecule has 1 aromatic rings. The van der Waals surface area contributed by atoms with Crippen LogP contribution in [0.3, 0.4) is 0 Å². The summed E-state index contributed by atoms with van der Waals surface area (Å²) in [6.45, 7) is 17.3. The van der Waals surface area contributed by atoms with Crippen molar-refractivity contribution in [3.63, 3.8) is 0 Å². The van der Waals surface area contributed by atoms with E-state index >= 15 is 0 Å². The third-order valence-electron chi connectivity index (χ3n) is 7.79. The summed E-state index contributed by atoms with van der Waals surface area (Å²) in [5.41, 5.74) is 2.30. The van der Waals surface area contributed by atoms with Gasteiger partial charge in [0, 0.05) is 26.2 Å². The second-order valence-corrected chi connectivity index (χ2v) is 11.8. The summed E-state index contributed by atoms with van der Waals surface area (Å²) in [5, 5.41) is 0. The first-order valence-electron chi connectivity index (χ1n) is 17.8. The lowest BCUT2D eigenvalue weighted by atomic mass is 10.1. The van der Waals surface area contributed by atoms with Gasteiger partial charge in [-0.05, 0) is 62.0 Å². The summed E-state index contributed by atoms with van der Waals surface area (Å²) in [5.74, 6) is -0.299. The van der Waals surface area contributed by atoms with Crippen LogP contribution in [0.1, 0.15) is 141 Å². The highest BCUT2D eigenvalue weighted by atomic mass is 16.7. The normalized spacial score (nSPS) is 11.4. The minimum absolute atomic E-state index is 0.0623. The molecule has 0 N–H and O–H groups in total. The van der Waals surface area contributed by atoms with Gasteiger partial charge in [0.1, 0.15) is 13.2 Å². The molecule has 45 heavy (non-hydrogen) atoms. The average molecular weight is 635 g/mol. The SMILES string of the molecule is [CH2]c1cc(COC(=O)CCC(OCCCCCCCC)OCCCCCCCC)cc(COC(=O)OCCCN(CC)CC)c1. The van der Waals surface area contributed by atoms with Crippen molar-refractivity contribution in [1.29, 1.82) is 0 Å². The lowest BCUT2D eigenvalue weighted by molar-refractivity contribution is -0.160. The van der Waals surface area contributed by atoms with Crippen molar-refractivity contribution < 1.29 is 33.3 Å². The van der Waals surface area contributed by atoms with Crippen molar-refractivity contribution in [1.82, 2.24) is 4.90 Å². The molecule has 8 nitrogen and oxygen atoms in total. The number of benzene rings is 1. The molecule has 1 radical (unpaired) electrons. The molecule has 0 saturated heterocycles. The number of carbonyl (C=O) groups is 2. The predicted octanol–water partition coefficient (Wildman–Crippen LogP) is 9.16. The summed E-state index contributed by atoms with van der Waals surface area (Å²) >= 11 is 0. The Hall–Kier alpha value is -2.16. The molecule has 1 rings (SSSR count). The molecule has 1 aromatic carbocycles. The van der Waals surface area contributed by atoms with E-state index in [1.54, 1.807) is 0 Å². The fourth-order valence-electron chi connectivity index (χ4n) is 5.05. The highest BCUT2D eigenvalue weighted by Gasteiger charge is 2.14. The van der Waals surface area contributed by atoms with Gasteiger partial charge in [-0.3, -0.25) is 4.79 Å². The Morgan fingerprint density at radius 2 is 1.20 bits per heavy atom. The first-order chi connectivity index (χ1) is 21.9. The van der Waals surface area contributed by atoms with Crippen molar-refractivity contribution >= 4 is 12.1 Å². The van der Waals surface area contributed by atoms with E-state index in [0.29, 0.717) is 26.2 Å². The fourth-order valence-corrected chi connectivity index (χ4v) is 5.05. The Morgan fingerprint density at radius 1 is 0.667 bits per heavy atom. The molecule has 0 bridgehead atoms. The largest absolute Gasteiger partial charge is 0.508 e. The molecule has 0 heterocycles. The van der Waals surface area contributed by atoms with E-state index < -0.39 is 12.4 Å². The van der Waals surface area contributed by atoms with E-state index in [-0.39, 0.29) is 25.6 Å². The molecule has 0 aromatic heterocycles. The first-order valence-corrected chi connectivity index (χ1v) is 17.8.